The molecule has 0 bridgehead atoms. The van der Waals surface area contributed by atoms with Crippen molar-refractivity contribution in [3.8, 4) is 0 Å². The lowest BCUT2D eigenvalue weighted by Crippen LogP contribution is -2.35. The van der Waals surface area contributed by atoms with Crippen molar-refractivity contribution < 1.29 is 9.59 Å². The first-order valence-electron chi connectivity index (χ1n) is 7.64. The molecule has 0 aromatic heterocycles. The fourth-order valence-electron chi connectivity index (χ4n) is 2.85. The van der Waals surface area contributed by atoms with Crippen LogP contribution in [-0.4, -0.2) is 11.8 Å². The number of fused-ring (bicyclic) bond motifs is 1. The Morgan fingerprint density at radius 3 is 2.33 bits per heavy atom. The minimum Gasteiger partial charge on any atom is -0.267 e. The monoisotopic (exact) mass is 314 g/mol. The summed E-state index contributed by atoms with van der Waals surface area (Å²) < 4.78 is 0. The van der Waals surface area contributed by atoms with Gasteiger partial charge in [0.2, 0.25) is 0 Å². The first-order valence-corrected chi connectivity index (χ1v) is 7.64. The van der Waals surface area contributed by atoms with Gasteiger partial charge in [-0.2, -0.15) is 0 Å². The summed E-state index contributed by atoms with van der Waals surface area (Å²) in [6.45, 7) is 0. The Morgan fingerprint density at radius 1 is 0.792 bits per heavy atom. The van der Waals surface area contributed by atoms with E-state index >= 15 is 0 Å². The first kappa shape index (κ1) is 14.2. The van der Waals surface area contributed by atoms with E-state index in [0.29, 0.717) is 5.69 Å². The summed E-state index contributed by atoms with van der Waals surface area (Å²) in [7, 11) is 0. The molecular formula is C20H14N2O2. The van der Waals surface area contributed by atoms with Crippen molar-refractivity contribution in [3.63, 3.8) is 0 Å². The van der Waals surface area contributed by atoms with Crippen LogP contribution >= 0.6 is 0 Å². The van der Waals surface area contributed by atoms with Crippen LogP contribution in [0, 0.1) is 0 Å². The molecule has 3 aromatic rings. The van der Waals surface area contributed by atoms with Gasteiger partial charge in [-0.25, -0.2) is 5.01 Å². The predicted octanol–water partition coefficient (Wildman–Crippen LogP) is 3.30. The second-order valence-corrected chi connectivity index (χ2v) is 5.54. The van der Waals surface area contributed by atoms with Gasteiger partial charge in [0.1, 0.15) is 5.57 Å². The maximum atomic E-state index is 12.6. The van der Waals surface area contributed by atoms with Crippen molar-refractivity contribution in [1.29, 1.82) is 0 Å². The van der Waals surface area contributed by atoms with Crippen LogP contribution in [0.25, 0.3) is 16.8 Å². The van der Waals surface area contributed by atoms with E-state index in [1.807, 2.05) is 60.7 Å². The average molecular weight is 314 g/mol. The zero-order valence-corrected chi connectivity index (χ0v) is 12.8. The third kappa shape index (κ3) is 2.34. The summed E-state index contributed by atoms with van der Waals surface area (Å²) in [4.78, 5) is 24.9. The van der Waals surface area contributed by atoms with Crippen LogP contribution in [-0.2, 0) is 9.59 Å². The SMILES string of the molecule is O=C1NN(c2ccccc2)C(=O)C1=Cc1cccc2ccccc12. The van der Waals surface area contributed by atoms with E-state index in [-0.39, 0.29) is 11.5 Å². The minimum absolute atomic E-state index is 0.134. The number of benzene rings is 3. The Bertz CT molecular complexity index is 972. The Morgan fingerprint density at radius 2 is 1.50 bits per heavy atom. The highest BCUT2D eigenvalue weighted by Crippen LogP contribution is 2.24. The molecule has 1 saturated heterocycles. The second-order valence-electron chi connectivity index (χ2n) is 5.54. The number of anilines is 1. The number of para-hydroxylation sites is 1. The molecule has 1 heterocycles. The van der Waals surface area contributed by atoms with E-state index in [2.05, 4.69) is 5.43 Å². The molecule has 116 valence electrons. The van der Waals surface area contributed by atoms with Crippen molar-refractivity contribution in [2.24, 2.45) is 0 Å². The summed E-state index contributed by atoms with van der Waals surface area (Å²) in [5.74, 6) is -0.740. The van der Waals surface area contributed by atoms with Gasteiger partial charge >= 0.3 is 0 Å². The minimum atomic E-state index is -0.392. The van der Waals surface area contributed by atoms with Crippen LogP contribution in [0.2, 0.25) is 0 Å². The number of amides is 2. The molecule has 4 nitrogen and oxygen atoms in total. The van der Waals surface area contributed by atoms with Crippen molar-refractivity contribution in [2.75, 3.05) is 5.01 Å². The number of carbonyl (C=O) groups excluding carboxylic acids is 2. The Balaban J connectivity index is 1.77. The molecule has 0 saturated carbocycles. The largest absolute Gasteiger partial charge is 0.282 e. The van der Waals surface area contributed by atoms with E-state index in [9.17, 15) is 9.59 Å². The van der Waals surface area contributed by atoms with Crippen molar-refractivity contribution in [3.05, 3.63) is 83.9 Å². The van der Waals surface area contributed by atoms with E-state index < -0.39 is 5.91 Å². The summed E-state index contributed by atoms with van der Waals surface area (Å²) in [6.07, 6.45) is 1.66. The van der Waals surface area contributed by atoms with Gasteiger partial charge in [0.15, 0.2) is 0 Å². The predicted molar refractivity (Wildman–Crippen MR) is 94.0 cm³/mol. The molecule has 24 heavy (non-hydrogen) atoms. The van der Waals surface area contributed by atoms with Crippen molar-refractivity contribution in [2.45, 2.75) is 0 Å². The van der Waals surface area contributed by atoms with Crippen LogP contribution in [0.1, 0.15) is 5.56 Å². The lowest BCUT2D eigenvalue weighted by molar-refractivity contribution is -0.117. The number of hydrogen-bond donors (Lipinski definition) is 1. The lowest BCUT2D eigenvalue weighted by atomic mass is 10.0. The molecule has 1 N–H and O–H groups in total. The smallest absolute Gasteiger partial charge is 0.267 e. The highest BCUT2D eigenvalue weighted by Gasteiger charge is 2.34. The molecule has 1 aliphatic rings. The molecular weight excluding hydrogens is 300 g/mol. The van der Waals surface area contributed by atoms with Crippen LogP contribution in [0.15, 0.2) is 78.4 Å². The van der Waals surface area contributed by atoms with Gasteiger partial charge in [0.05, 0.1) is 5.69 Å². The number of nitrogens with zero attached hydrogens (tertiary/aromatic N) is 1. The normalized spacial score (nSPS) is 16.0. The van der Waals surface area contributed by atoms with Gasteiger partial charge in [-0.15, -0.1) is 0 Å². The fraction of sp³-hybridized carbons (Fsp3) is 0. The maximum absolute atomic E-state index is 12.6. The third-order valence-electron chi connectivity index (χ3n) is 4.03. The molecule has 0 unspecified atom stereocenters. The number of nitrogens with one attached hydrogen (secondary N) is 1. The molecule has 2 amide bonds. The van der Waals surface area contributed by atoms with Crippen molar-refractivity contribution >= 4 is 34.4 Å². The van der Waals surface area contributed by atoms with Crippen LogP contribution < -0.4 is 10.4 Å². The van der Waals surface area contributed by atoms with Crippen LogP contribution in [0.4, 0.5) is 5.69 Å². The maximum Gasteiger partial charge on any atom is 0.282 e. The van der Waals surface area contributed by atoms with E-state index in [0.717, 1.165) is 16.3 Å². The topological polar surface area (TPSA) is 49.4 Å². The van der Waals surface area contributed by atoms with Crippen molar-refractivity contribution in [1.82, 2.24) is 5.43 Å². The Kier molecular flexibility index (Phi) is 3.35. The van der Waals surface area contributed by atoms with Gasteiger partial charge in [0.25, 0.3) is 11.8 Å². The summed E-state index contributed by atoms with van der Waals surface area (Å²) in [5.41, 5.74) is 4.23. The molecule has 4 heteroatoms. The first-order chi connectivity index (χ1) is 11.7. The summed E-state index contributed by atoms with van der Waals surface area (Å²) in [5, 5.41) is 3.35. The molecule has 0 atom stereocenters. The lowest BCUT2D eigenvalue weighted by Gasteiger charge is -2.13. The number of hydrogen-bond acceptors (Lipinski definition) is 2. The van der Waals surface area contributed by atoms with E-state index in [1.54, 1.807) is 18.2 Å². The molecule has 3 aromatic carbocycles. The van der Waals surface area contributed by atoms with Gasteiger partial charge in [-0.3, -0.25) is 15.0 Å². The standard InChI is InChI=1S/C20H14N2O2/c23-19-18(20(24)22(21-19)16-10-2-1-3-11-16)13-15-9-6-8-14-7-4-5-12-17(14)15/h1-13H,(H,21,23). The quantitative estimate of drug-likeness (QED) is 0.583. The van der Waals surface area contributed by atoms with Gasteiger partial charge in [-0.05, 0) is 34.5 Å². The molecule has 0 radical (unpaired) electrons. The Labute approximate surface area is 139 Å². The zero-order valence-electron chi connectivity index (χ0n) is 12.8. The van der Waals surface area contributed by atoms with Gasteiger partial charge in [0, 0.05) is 0 Å². The molecule has 1 aliphatic heterocycles. The van der Waals surface area contributed by atoms with Gasteiger partial charge in [-0.1, -0.05) is 60.7 Å². The fourth-order valence-corrected chi connectivity index (χ4v) is 2.85. The van der Waals surface area contributed by atoms with E-state index in [1.165, 1.54) is 5.01 Å². The molecule has 4 rings (SSSR count). The highest BCUT2D eigenvalue weighted by molar-refractivity contribution is 6.32. The highest BCUT2D eigenvalue weighted by atomic mass is 16.2. The van der Waals surface area contributed by atoms with E-state index in [4.69, 9.17) is 0 Å². The van der Waals surface area contributed by atoms with Crippen LogP contribution in [0.5, 0.6) is 0 Å². The molecule has 0 aliphatic carbocycles. The van der Waals surface area contributed by atoms with Gasteiger partial charge < -0.3 is 0 Å². The summed E-state index contributed by atoms with van der Waals surface area (Å²) in [6, 6.07) is 22.8. The second kappa shape index (κ2) is 5.66. The number of rotatable bonds is 2. The zero-order chi connectivity index (χ0) is 16.5. The number of carbonyl (C=O) groups is 2. The molecule has 1 fully saturated rings. The third-order valence-corrected chi connectivity index (χ3v) is 4.03. The van der Waals surface area contributed by atoms with Crippen LogP contribution in [0.3, 0.4) is 0 Å². The average Bonchev–Trinajstić information content (AvgIpc) is 2.91. The molecule has 0 spiro atoms. The number of hydrazine groups is 1. The summed E-state index contributed by atoms with van der Waals surface area (Å²) >= 11 is 0. The Hall–Kier alpha value is -3.40.